The van der Waals surface area contributed by atoms with Crippen LogP contribution in [0.5, 0.6) is 5.75 Å². The van der Waals surface area contributed by atoms with Crippen LogP contribution in [0.1, 0.15) is 37.7 Å². The smallest absolute Gasteiger partial charge is 0.226 e. The van der Waals surface area contributed by atoms with Crippen molar-refractivity contribution in [2.45, 2.75) is 56.8 Å². The van der Waals surface area contributed by atoms with E-state index in [9.17, 15) is 9.90 Å². The molecule has 3 N–H and O–H groups in total. The minimum atomic E-state index is -0.560. The van der Waals surface area contributed by atoms with Gasteiger partial charge in [0.2, 0.25) is 5.91 Å². The van der Waals surface area contributed by atoms with Gasteiger partial charge in [-0.3, -0.25) is 4.79 Å². The number of aliphatic hydroxyl groups is 1. The molecular weight excluding hydrogens is 292 g/mol. The molecule has 1 aromatic carbocycles. The van der Waals surface area contributed by atoms with Crippen LogP contribution in [0.2, 0.25) is 0 Å². The predicted molar refractivity (Wildman–Crippen MR) is 87.9 cm³/mol. The van der Waals surface area contributed by atoms with E-state index in [1.807, 2.05) is 29.2 Å². The van der Waals surface area contributed by atoms with Crippen molar-refractivity contribution in [3.05, 3.63) is 29.8 Å². The topological polar surface area (TPSA) is 75.8 Å². The van der Waals surface area contributed by atoms with E-state index in [2.05, 4.69) is 0 Å². The minimum Gasteiger partial charge on any atom is -0.497 e. The molecule has 1 aromatic rings. The Labute approximate surface area is 137 Å². The molecule has 0 aliphatic heterocycles. The molecule has 3 rings (SSSR count). The zero-order valence-electron chi connectivity index (χ0n) is 13.6. The number of amides is 1. The number of carbonyl (C=O) groups excluding carboxylic acids is 1. The zero-order chi connectivity index (χ0) is 16.4. The first kappa shape index (κ1) is 16.3. The van der Waals surface area contributed by atoms with E-state index in [-0.39, 0.29) is 17.9 Å². The molecule has 2 aliphatic carbocycles. The Hall–Kier alpha value is -1.59. The maximum absolute atomic E-state index is 12.9. The molecule has 2 saturated carbocycles. The van der Waals surface area contributed by atoms with E-state index in [4.69, 9.17) is 10.5 Å². The summed E-state index contributed by atoms with van der Waals surface area (Å²) in [6.07, 6.45) is 3.57. The van der Waals surface area contributed by atoms with E-state index in [0.717, 1.165) is 37.0 Å². The van der Waals surface area contributed by atoms with Gasteiger partial charge in [0.1, 0.15) is 5.75 Å². The molecule has 1 amide bonds. The van der Waals surface area contributed by atoms with Crippen molar-refractivity contribution in [1.29, 1.82) is 0 Å². The second-order valence-electron chi connectivity index (χ2n) is 6.79. The van der Waals surface area contributed by atoms with Crippen LogP contribution in [-0.2, 0) is 11.3 Å². The Morgan fingerprint density at radius 1 is 1.35 bits per heavy atom. The third-order valence-electron chi connectivity index (χ3n) is 4.98. The number of nitrogens with two attached hydrogens (primary N) is 1. The fraction of sp³-hybridized carbons (Fsp3) is 0.611. The van der Waals surface area contributed by atoms with Gasteiger partial charge < -0.3 is 20.5 Å². The summed E-state index contributed by atoms with van der Waals surface area (Å²) in [7, 11) is 1.65. The quantitative estimate of drug-likeness (QED) is 0.866. The normalized spacial score (nSPS) is 27.5. The second-order valence-corrected chi connectivity index (χ2v) is 6.79. The van der Waals surface area contributed by atoms with Gasteiger partial charge in [0.15, 0.2) is 0 Å². The summed E-state index contributed by atoms with van der Waals surface area (Å²) in [6, 6.07) is 8.03. The monoisotopic (exact) mass is 318 g/mol. The molecule has 23 heavy (non-hydrogen) atoms. The highest BCUT2D eigenvalue weighted by molar-refractivity contribution is 5.79. The number of carbonyl (C=O) groups is 1. The molecule has 5 nitrogen and oxygen atoms in total. The lowest BCUT2D eigenvalue weighted by atomic mass is 9.83. The summed E-state index contributed by atoms with van der Waals surface area (Å²) < 4.78 is 5.26. The molecule has 0 bridgehead atoms. The third-order valence-corrected chi connectivity index (χ3v) is 4.98. The largest absolute Gasteiger partial charge is 0.497 e. The van der Waals surface area contributed by atoms with Gasteiger partial charge in [-0.1, -0.05) is 12.1 Å². The van der Waals surface area contributed by atoms with Crippen molar-refractivity contribution in [2.24, 2.45) is 11.7 Å². The summed E-state index contributed by atoms with van der Waals surface area (Å²) in [5.41, 5.74) is 6.94. The highest BCUT2D eigenvalue weighted by Crippen LogP contribution is 2.33. The molecule has 0 radical (unpaired) electrons. The number of benzene rings is 1. The zero-order valence-corrected chi connectivity index (χ0v) is 13.6. The Kier molecular flexibility index (Phi) is 4.87. The fourth-order valence-electron chi connectivity index (χ4n) is 3.37. The maximum atomic E-state index is 12.9. The van der Waals surface area contributed by atoms with Crippen molar-refractivity contribution in [3.63, 3.8) is 0 Å². The average Bonchev–Trinajstić information content (AvgIpc) is 3.39. The number of methoxy groups -OCH3 is 1. The molecule has 0 heterocycles. The van der Waals surface area contributed by atoms with Gasteiger partial charge in [-0.2, -0.15) is 0 Å². The molecule has 0 saturated heterocycles. The highest BCUT2D eigenvalue weighted by Gasteiger charge is 2.38. The lowest BCUT2D eigenvalue weighted by molar-refractivity contribution is -0.139. The Morgan fingerprint density at radius 3 is 2.78 bits per heavy atom. The summed E-state index contributed by atoms with van der Waals surface area (Å²) in [5.74, 6) is 0.877. The minimum absolute atomic E-state index is 0.101. The van der Waals surface area contributed by atoms with Crippen molar-refractivity contribution < 1.29 is 14.6 Å². The molecule has 0 aromatic heterocycles. The lowest BCUT2D eigenvalue weighted by Gasteiger charge is -2.34. The van der Waals surface area contributed by atoms with Crippen molar-refractivity contribution in [3.8, 4) is 5.75 Å². The Bertz CT molecular complexity index is 559. The summed E-state index contributed by atoms with van der Waals surface area (Å²) >= 11 is 0. The lowest BCUT2D eigenvalue weighted by Crippen LogP contribution is -2.46. The van der Waals surface area contributed by atoms with Crippen LogP contribution in [-0.4, -0.2) is 41.2 Å². The molecule has 0 spiro atoms. The number of hydrogen-bond donors (Lipinski definition) is 2. The van der Waals surface area contributed by atoms with E-state index >= 15 is 0 Å². The van der Waals surface area contributed by atoms with Gasteiger partial charge in [0.05, 0.1) is 13.2 Å². The van der Waals surface area contributed by atoms with Gasteiger partial charge in [-0.15, -0.1) is 0 Å². The van der Waals surface area contributed by atoms with Crippen molar-refractivity contribution >= 4 is 5.91 Å². The molecule has 3 atom stereocenters. The second kappa shape index (κ2) is 6.89. The Morgan fingerprint density at radius 2 is 2.13 bits per heavy atom. The van der Waals surface area contributed by atoms with Gasteiger partial charge in [-0.05, 0) is 49.8 Å². The number of aliphatic hydroxyl groups excluding tert-OH is 1. The van der Waals surface area contributed by atoms with E-state index in [0.29, 0.717) is 19.0 Å². The summed E-state index contributed by atoms with van der Waals surface area (Å²) in [4.78, 5) is 14.9. The first-order valence-electron chi connectivity index (χ1n) is 8.45. The third kappa shape index (κ3) is 3.85. The van der Waals surface area contributed by atoms with E-state index < -0.39 is 6.10 Å². The standard InChI is InChI=1S/C18H26N2O3/c1-23-15-4-2-3-12(9-15)11-20(14-6-7-14)18(22)13-5-8-16(19)17(21)10-13/h2-4,9,13-14,16-17,21H,5-8,10-11,19H2,1H3/t13-,16-,17-/m0/s1. The van der Waals surface area contributed by atoms with E-state index in [1.165, 1.54) is 0 Å². The maximum Gasteiger partial charge on any atom is 0.226 e. The van der Waals surface area contributed by atoms with Crippen molar-refractivity contribution in [2.75, 3.05) is 7.11 Å². The van der Waals surface area contributed by atoms with Crippen LogP contribution >= 0.6 is 0 Å². The van der Waals surface area contributed by atoms with Gasteiger partial charge in [-0.25, -0.2) is 0 Å². The Balaban J connectivity index is 1.70. The van der Waals surface area contributed by atoms with Crippen LogP contribution in [0, 0.1) is 5.92 Å². The summed E-state index contributed by atoms with van der Waals surface area (Å²) in [5, 5.41) is 9.98. The number of hydrogen-bond acceptors (Lipinski definition) is 4. The van der Waals surface area contributed by atoms with Crippen LogP contribution in [0.3, 0.4) is 0 Å². The molecule has 126 valence electrons. The van der Waals surface area contributed by atoms with Gasteiger partial charge in [0, 0.05) is 24.5 Å². The predicted octanol–water partition coefficient (Wildman–Crippen LogP) is 1.67. The van der Waals surface area contributed by atoms with Crippen LogP contribution in [0.15, 0.2) is 24.3 Å². The first-order chi connectivity index (χ1) is 11.1. The highest BCUT2D eigenvalue weighted by atomic mass is 16.5. The van der Waals surface area contributed by atoms with Gasteiger partial charge in [0.25, 0.3) is 0 Å². The number of ether oxygens (including phenoxy) is 1. The molecule has 2 aliphatic rings. The van der Waals surface area contributed by atoms with Crippen LogP contribution in [0.25, 0.3) is 0 Å². The van der Waals surface area contributed by atoms with Crippen molar-refractivity contribution in [1.82, 2.24) is 4.90 Å². The summed E-state index contributed by atoms with van der Waals surface area (Å²) in [6.45, 7) is 0.610. The number of rotatable bonds is 5. The first-order valence-corrected chi connectivity index (χ1v) is 8.45. The molecular formula is C18H26N2O3. The van der Waals surface area contributed by atoms with Crippen LogP contribution in [0.4, 0.5) is 0 Å². The SMILES string of the molecule is COc1cccc(CN(C(=O)[C@H]2CC[C@H](N)[C@@H](O)C2)C2CC2)c1. The molecule has 0 unspecified atom stereocenters. The molecule has 5 heteroatoms. The van der Waals surface area contributed by atoms with Gasteiger partial charge >= 0.3 is 0 Å². The van der Waals surface area contributed by atoms with Crippen LogP contribution < -0.4 is 10.5 Å². The number of nitrogens with zero attached hydrogens (tertiary/aromatic N) is 1. The van der Waals surface area contributed by atoms with E-state index in [1.54, 1.807) is 7.11 Å². The molecule has 2 fully saturated rings. The average molecular weight is 318 g/mol. The fourth-order valence-corrected chi connectivity index (χ4v) is 3.37.